The zero-order valence-electron chi connectivity index (χ0n) is 18.7. The maximum absolute atomic E-state index is 12.7. The molecule has 4 aromatic rings. The van der Waals surface area contributed by atoms with Gasteiger partial charge >= 0.3 is 0 Å². The van der Waals surface area contributed by atoms with Crippen LogP contribution in [0.1, 0.15) is 44.4 Å². The number of nitrogens with zero attached hydrogens (tertiary/aromatic N) is 5. The number of fused-ring (bicyclic) bond motifs is 1. The molecule has 1 aliphatic heterocycles. The highest BCUT2D eigenvalue weighted by atomic mass is 16.5. The van der Waals surface area contributed by atoms with Crippen molar-refractivity contribution in [3.63, 3.8) is 0 Å². The second-order valence-electron chi connectivity index (χ2n) is 8.14. The highest BCUT2D eigenvalue weighted by molar-refractivity contribution is 5.91. The van der Waals surface area contributed by atoms with Crippen LogP contribution in [0.5, 0.6) is 5.88 Å². The minimum Gasteiger partial charge on any atom is -0.473 e. The Labute approximate surface area is 190 Å². The molecule has 1 aliphatic rings. The van der Waals surface area contributed by atoms with Crippen molar-refractivity contribution < 1.29 is 18.6 Å². The Morgan fingerprint density at radius 3 is 2.67 bits per heavy atom. The molecule has 9 heteroatoms. The SMILES string of the molecule is Cc1ccc(-c2noc(C)c2COc2cc3c(cn2)CN(C(=O)c2cc(C)no2)CC3)cn1. The number of carbonyl (C=O) groups excluding carboxylic acids is 1. The molecule has 1 amide bonds. The van der Waals surface area contributed by atoms with Crippen LogP contribution in [-0.2, 0) is 19.6 Å². The highest BCUT2D eigenvalue weighted by Gasteiger charge is 2.25. The molecular formula is C24H23N5O4. The van der Waals surface area contributed by atoms with Crippen LogP contribution in [0.25, 0.3) is 11.3 Å². The topological polar surface area (TPSA) is 107 Å². The second-order valence-corrected chi connectivity index (χ2v) is 8.14. The molecule has 0 fully saturated rings. The monoisotopic (exact) mass is 445 g/mol. The molecule has 0 saturated carbocycles. The fraction of sp³-hybridized carbons (Fsp3) is 0.292. The summed E-state index contributed by atoms with van der Waals surface area (Å²) in [7, 11) is 0. The molecule has 4 aromatic heterocycles. The summed E-state index contributed by atoms with van der Waals surface area (Å²) in [4.78, 5) is 23.2. The average molecular weight is 445 g/mol. The number of pyridine rings is 2. The van der Waals surface area contributed by atoms with Gasteiger partial charge in [0.05, 0.1) is 11.3 Å². The van der Waals surface area contributed by atoms with Crippen LogP contribution in [0.4, 0.5) is 0 Å². The Kier molecular flexibility index (Phi) is 5.37. The third kappa shape index (κ3) is 4.21. The normalized spacial score (nSPS) is 13.1. The van der Waals surface area contributed by atoms with Gasteiger partial charge in [-0.05, 0) is 50.5 Å². The average Bonchev–Trinajstić information content (AvgIpc) is 3.42. The number of aromatic nitrogens is 4. The molecule has 33 heavy (non-hydrogen) atoms. The predicted molar refractivity (Wildman–Crippen MR) is 117 cm³/mol. The standard InChI is InChI=1S/C24H23N5O4/c1-14-4-5-18(10-25-14)23-20(16(3)32-28-23)13-31-22-9-17-6-7-29(12-19(17)11-26-22)24(30)21-8-15(2)27-33-21/h4-5,8-11H,6-7,12-13H2,1-3H3. The molecule has 0 saturated heterocycles. The number of hydrogen-bond acceptors (Lipinski definition) is 8. The number of hydrogen-bond donors (Lipinski definition) is 0. The van der Waals surface area contributed by atoms with Gasteiger partial charge in [-0.1, -0.05) is 10.3 Å². The summed E-state index contributed by atoms with van der Waals surface area (Å²) in [6.07, 6.45) is 4.25. The van der Waals surface area contributed by atoms with Gasteiger partial charge in [-0.3, -0.25) is 9.78 Å². The van der Waals surface area contributed by atoms with E-state index < -0.39 is 0 Å². The molecule has 5 heterocycles. The largest absolute Gasteiger partial charge is 0.473 e. The number of aryl methyl sites for hydroxylation is 3. The molecular weight excluding hydrogens is 422 g/mol. The molecule has 0 atom stereocenters. The first-order valence-corrected chi connectivity index (χ1v) is 10.7. The summed E-state index contributed by atoms with van der Waals surface area (Å²) < 4.78 is 16.5. The molecule has 0 N–H and O–H groups in total. The number of ether oxygens (including phenoxy) is 1. The first-order chi connectivity index (χ1) is 16.0. The first kappa shape index (κ1) is 20.9. The van der Waals surface area contributed by atoms with Crippen molar-refractivity contribution >= 4 is 5.91 Å². The number of amides is 1. The third-order valence-electron chi connectivity index (χ3n) is 5.73. The van der Waals surface area contributed by atoms with E-state index in [-0.39, 0.29) is 18.3 Å². The minimum atomic E-state index is -0.164. The van der Waals surface area contributed by atoms with Crippen LogP contribution in [-0.4, -0.2) is 37.6 Å². The van der Waals surface area contributed by atoms with E-state index in [0.29, 0.717) is 36.8 Å². The van der Waals surface area contributed by atoms with Crippen LogP contribution in [0.3, 0.4) is 0 Å². The van der Waals surface area contributed by atoms with Crippen LogP contribution >= 0.6 is 0 Å². The Bertz CT molecular complexity index is 1310. The van der Waals surface area contributed by atoms with Gasteiger partial charge in [0.2, 0.25) is 11.6 Å². The fourth-order valence-corrected chi connectivity index (χ4v) is 3.83. The van der Waals surface area contributed by atoms with Crippen molar-refractivity contribution in [2.24, 2.45) is 0 Å². The van der Waals surface area contributed by atoms with Gasteiger partial charge < -0.3 is 18.7 Å². The van der Waals surface area contributed by atoms with Gasteiger partial charge in [-0.15, -0.1) is 0 Å². The van der Waals surface area contributed by atoms with Gasteiger partial charge in [0.25, 0.3) is 5.91 Å². The maximum atomic E-state index is 12.7. The zero-order chi connectivity index (χ0) is 22.9. The molecule has 0 aliphatic carbocycles. The summed E-state index contributed by atoms with van der Waals surface area (Å²) in [6.45, 7) is 6.92. The van der Waals surface area contributed by atoms with Crippen molar-refractivity contribution in [3.05, 3.63) is 76.3 Å². The first-order valence-electron chi connectivity index (χ1n) is 10.7. The molecule has 0 unspecified atom stereocenters. The van der Waals surface area contributed by atoms with Gasteiger partial charge in [-0.25, -0.2) is 4.98 Å². The Morgan fingerprint density at radius 1 is 1.03 bits per heavy atom. The quantitative estimate of drug-likeness (QED) is 0.456. The van der Waals surface area contributed by atoms with Gasteiger partial charge in [0.15, 0.2) is 0 Å². The van der Waals surface area contributed by atoms with E-state index in [1.165, 1.54) is 0 Å². The van der Waals surface area contributed by atoms with Gasteiger partial charge in [0.1, 0.15) is 18.1 Å². The maximum Gasteiger partial charge on any atom is 0.292 e. The zero-order valence-corrected chi connectivity index (χ0v) is 18.7. The number of carbonyl (C=O) groups is 1. The van der Waals surface area contributed by atoms with E-state index in [1.807, 2.05) is 32.0 Å². The minimum absolute atomic E-state index is 0.164. The lowest BCUT2D eigenvalue weighted by atomic mass is 10.0. The van der Waals surface area contributed by atoms with Crippen molar-refractivity contribution in [2.45, 2.75) is 40.3 Å². The summed E-state index contributed by atoms with van der Waals surface area (Å²) >= 11 is 0. The van der Waals surface area contributed by atoms with Crippen LogP contribution < -0.4 is 4.74 Å². The van der Waals surface area contributed by atoms with E-state index in [9.17, 15) is 4.79 Å². The van der Waals surface area contributed by atoms with E-state index in [2.05, 4.69) is 20.3 Å². The number of rotatable bonds is 5. The lowest BCUT2D eigenvalue weighted by molar-refractivity contribution is 0.0692. The van der Waals surface area contributed by atoms with Crippen LogP contribution in [0.15, 0.2) is 45.7 Å². The van der Waals surface area contributed by atoms with Gasteiger partial charge in [-0.2, -0.15) is 0 Å². The van der Waals surface area contributed by atoms with Gasteiger partial charge in [0, 0.05) is 48.9 Å². The summed E-state index contributed by atoms with van der Waals surface area (Å²) in [5.41, 5.74) is 6.18. The smallest absolute Gasteiger partial charge is 0.292 e. The Morgan fingerprint density at radius 2 is 1.91 bits per heavy atom. The van der Waals surface area contributed by atoms with Crippen molar-refractivity contribution in [1.29, 1.82) is 0 Å². The van der Waals surface area contributed by atoms with E-state index in [1.54, 1.807) is 30.3 Å². The lowest BCUT2D eigenvalue weighted by Gasteiger charge is -2.27. The molecule has 0 aromatic carbocycles. The molecule has 9 nitrogen and oxygen atoms in total. The third-order valence-corrected chi connectivity index (χ3v) is 5.73. The molecule has 5 rings (SSSR count). The lowest BCUT2D eigenvalue weighted by Crippen LogP contribution is -2.35. The van der Waals surface area contributed by atoms with Crippen molar-refractivity contribution in [3.8, 4) is 17.1 Å². The summed E-state index contributed by atoms with van der Waals surface area (Å²) in [5, 5.41) is 7.98. The molecule has 0 bridgehead atoms. The van der Waals surface area contributed by atoms with Crippen molar-refractivity contribution in [1.82, 2.24) is 25.2 Å². The fourth-order valence-electron chi connectivity index (χ4n) is 3.83. The van der Waals surface area contributed by atoms with E-state index in [0.717, 1.165) is 33.6 Å². The molecule has 0 spiro atoms. The van der Waals surface area contributed by atoms with Crippen LogP contribution in [0.2, 0.25) is 0 Å². The summed E-state index contributed by atoms with van der Waals surface area (Å²) in [5.74, 6) is 1.31. The van der Waals surface area contributed by atoms with E-state index in [4.69, 9.17) is 13.8 Å². The van der Waals surface area contributed by atoms with Crippen LogP contribution in [0, 0.1) is 20.8 Å². The molecule has 0 radical (unpaired) electrons. The highest BCUT2D eigenvalue weighted by Crippen LogP contribution is 2.27. The van der Waals surface area contributed by atoms with E-state index >= 15 is 0 Å². The Balaban J connectivity index is 1.28. The Hall–Kier alpha value is -4.01. The summed E-state index contributed by atoms with van der Waals surface area (Å²) in [6, 6.07) is 7.49. The second kappa shape index (κ2) is 8.50. The van der Waals surface area contributed by atoms with Crippen molar-refractivity contribution in [2.75, 3.05) is 6.54 Å². The predicted octanol–water partition coefficient (Wildman–Crippen LogP) is 3.82. The molecule has 168 valence electrons.